The summed E-state index contributed by atoms with van der Waals surface area (Å²) in [7, 11) is 3.82. The van der Waals surface area contributed by atoms with E-state index in [1.165, 1.54) is 16.7 Å². The van der Waals surface area contributed by atoms with Crippen molar-refractivity contribution in [1.82, 2.24) is 14.7 Å². The molecular weight excluding hydrogens is 346 g/mol. The van der Waals surface area contributed by atoms with E-state index in [1.54, 1.807) is 0 Å². The molecule has 146 valence electrons. The van der Waals surface area contributed by atoms with Gasteiger partial charge in [-0.05, 0) is 37.5 Å². The molecule has 3 aromatic rings. The van der Waals surface area contributed by atoms with Crippen molar-refractivity contribution in [1.29, 1.82) is 0 Å². The third-order valence-electron chi connectivity index (χ3n) is 5.62. The van der Waals surface area contributed by atoms with Crippen LogP contribution in [-0.4, -0.2) is 27.6 Å². The number of hydrogen-bond donors (Lipinski definition) is 0. The lowest BCUT2D eigenvalue weighted by atomic mass is 9.85. The van der Waals surface area contributed by atoms with Crippen LogP contribution < -0.4 is 0 Å². The van der Waals surface area contributed by atoms with E-state index in [-0.39, 0.29) is 11.8 Å². The van der Waals surface area contributed by atoms with Gasteiger partial charge in [-0.25, -0.2) is 0 Å². The number of aryl methyl sites for hydroxylation is 3. The van der Waals surface area contributed by atoms with Crippen LogP contribution in [0.4, 0.5) is 0 Å². The van der Waals surface area contributed by atoms with Crippen molar-refractivity contribution in [2.75, 3.05) is 7.05 Å². The highest BCUT2D eigenvalue weighted by Crippen LogP contribution is 2.31. The molecule has 3 rings (SSSR count). The number of benzene rings is 2. The highest BCUT2D eigenvalue weighted by atomic mass is 16.2. The molecule has 0 bridgehead atoms. The fourth-order valence-corrected chi connectivity index (χ4v) is 3.77. The van der Waals surface area contributed by atoms with E-state index in [0.29, 0.717) is 13.0 Å². The maximum absolute atomic E-state index is 13.1. The summed E-state index contributed by atoms with van der Waals surface area (Å²) in [6.07, 6.45) is 0.448. The van der Waals surface area contributed by atoms with Gasteiger partial charge in [0.2, 0.25) is 5.91 Å². The lowest BCUT2D eigenvalue weighted by Crippen LogP contribution is -2.28. The molecule has 4 nitrogen and oxygen atoms in total. The van der Waals surface area contributed by atoms with Crippen molar-refractivity contribution in [2.45, 2.75) is 39.7 Å². The molecule has 0 aliphatic carbocycles. The van der Waals surface area contributed by atoms with Crippen LogP contribution >= 0.6 is 0 Å². The van der Waals surface area contributed by atoms with Gasteiger partial charge in [0.05, 0.1) is 5.69 Å². The van der Waals surface area contributed by atoms with Crippen molar-refractivity contribution < 1.29 is 4.79 Å². The first-order valence-electron chi connectivity index (χ1n) is 9.72. The number of nitrogens with zero attached hydrogens (tertiary/aromatic N) is 3. The topological polar surface area (TPSA) is 38.1 Å². The monoisotopic (exact) mass is 375 g/mol. The first-order chi connectivity index (χ1) is 13.4. The third-order valence-corrected chi connectivity index (χ3v) is 5.62. The molecule has 0 radical (unpaired) electrons. The van der Waals surface area contributed by atoms with Crippen LogP contribution in [0, 0.1) is 20.8 Å². The van der Waals surface area contributed by atoms with Gasteiger partial charge in [-0.2, -0.15) is 5.10 Å². The summed E-state index contributed by atoms with van der Waals surface area (Å²) in [5.41, 5.74) is 6.82. The Balaban J connectivity index is 1.84. The van der Waals surface area contributed by atoms with Gasteiger partial charge in [-0.15, -0.1) is 0 Å². The second kappa shape index (κ2) is 8.42. The minimum absolute atomic E-state index is 0.0495. The molecule has 1 atom stereocenters. The summed E-state index contributed by atoms with van der Waals surface area (Å²) < 4.78 is 1.88. The van der Waals surface area contributed by atoms with E-state index in [1.807, 2.05) is 61.8 Å². The van der Waals surface area contributed by atoms with Crippen LogP contribution in [0.15, 0.2) is 54.6 Å². The Morgan fingerprint density at radius 3 is 2.29 bits per heavy atom. The number of carbonyl (C=O) groups is 1. The Labute approximate surface area is 167 Å². The summed E-state index contributed by atoms with van der Waals surface area (Å²) in [5.74, 6) is 0.188. The Kier molecular flexibility index (Phi) is 5.98. The zero-order chi connectivity index (χ0) is 20.3. The summed E-state index contributed by atoms with van der Waals surface area (Å²) in [6, 6.07) is 18.7. The van der Waals surface area contributed by atoms with Crippen molar-refractivity contribution >= 4 is 5.91 Å². The molecule has 1 unspecified atom stereocenters. The van der Waals surface area contributed by atoms with Crippen LogP contribution in [0.25, 0.3) is 0 Å². The maximum atomic E-state index is 13.1. The van der Waals surface area contributed by atoms with Gasteiger partial charge in [-0.1, -0.05) is 54.6 Å². The summed E-state index contributed by atoms with van der Waals surface area (Å²) >= 11 is 0. The predicted octanol–water partition coefficient (Wildman–Crippen LogP) is 4.53. The fourth-order valence-electron chi connectivity index (χ4n) is 3.77. The molecule has 0 aliphatic heterocycles. The number of aromatic nitrogens is 2. The molecule has 1 heterocycles. The van der Waals surface area contributed by atoms with Gasteiger partial charge in [-0.3, -0.25) is 9.48 Å². The van der Waals surface area contributed by atoms with Gasteiger partial charge < -0.3 is 4.90 Å². The molecule has 28 heavy (non-hydrogen) atoms. The van der Waals surface area contributed by atoms with Crippen molar-refractivity contribution in [2.24, 2.45) is 7.05 Å². The minimum atomic E-state index is 0.0495. The third kappa shape index (κ3) is 4.16. The molecule has 0 N–H and O–H groups in total. The van der Waals surface area contributed by atoms with E-state index in [0.717, 1.165) is 17.0 Å². The average molecular weight is 376 g/mol. The van der Waals surface area contributed by atoms with Gasteiger partial charge >= 0.3 is 0 Å². The number of hydrogen-bond acceptors (Lipinski definition) is 2. The maximum Gasteiger partial charge on any atom is 0.223 e. The Bertz CT molecular complexity index is 959. The van der Waals surface area contributed by atoms with Gasteiger partial charge in [0, 0.05) is 44.2 Å². The molecule has 0 aliphatic rings. The standard InChI is InChI=1S/C24H29N3O/c1-17-11-9-10-14-21(17)22(20-12-7-6-8-13-20)15-24(28)26(4)16-23-18(2)25-27(5)19(23)3/h6-14,22H,15-16H2,1-5H3. The van der Waals surface area contributed by atoms with E-state index in [2.05, 4.69) is 42.4 Å². The van der Waals surface area contributed by atoms with E-state index in [9.17, 15) is 4.79 Å². The van der Waals surface area contributed by atoms with E-state index in [4.69, 9.17) is 0 Å². The molecule has 0 spiro atoms. The smallest absolute Gasteiger partial charge is 0.223 e. The van der Waals surface area contributed by atoms with Crippen molar-refractivity contribution in [3.05, 3.63) is 88.2 Å². The normalized spacial score (nSPS) is 12.0. The highest BCUT2D eigenvalue weighted by Gasteiger charge is 2.23. The van der Waals surface area contributed by atoms with Gasteiger partial charge in [0.25, 0.3) is 0 Å². The van der Waals surface area contributed by atoms with Crippen LogP contribution in [0.1, 0.15) is 46.0 Å². The van der Waals surface area contributed by atoms with Crippen molar-refractivity contribution in [3.8, 4) is 0 Å². The Morgan fingerprint density at radius 1 is 1.04 bits per heavy atom. The quantitative estimate of drug-likeness (QED) is 0.635. The Morgan fingerprint density at radius 2 is 1.68 bits per heavy atom. The fraction of sp³-hybridized carbons (Fsp3) is 0.333. The Hall–Kier alpha value is -2.88. The average Bonchev–Trinajstić information content (AvgIpc) is 2.93. The van der Waals surface area contributed by atoms with Crippen molar-refractivity contribution in [3.63, 3.8) is 0 Å². The zero-order valence-corrected chi connectivity index (χ0v) is 17.4. The second-order valence-corrected chi connectivity index (χ2v) is 7.55. The molecule has 1 aromatic heterocycles. The number of amides is 1. The van der Waals surface area contributed by atoms with Gasteiger partial charge in [0.15, 0.2) is 0 Å². The predicted molar refractivity (Wildman–Crippen MR) is 113 cm³/mol. The molecule has 1 amide bonds. The summed E-state index contributed by atoms with van der Waals surface area (Å²) in [5, 5.41) is 4.47. The minimum Gasteiger partial charge on any atom is -0.341 e. The van der Waals surface area contributed by atoms with E-state index >= 15 is 0 Å². The number of carbonyl (C=O) groups excluding carboxylic acids is 1. The second-order valence-electron chi connectivity index (χ2n) is 7.55. The zero-order valence-electron chi connectivity index (χ0n) is 17.4. The lowest BCUT2D eigenvalue weighted by molar-refractivity contribution is -0.130. The molecular formula is C24H29N3O. The molecule has 0 saturated heterocycles. The lowest BCUT2D eigenvalue weighted by Gasteiger charge is -2.24. The highest BCUT2D eigenvalue weighted by molar-refractivity contribution is 5.77. The van der Waals surface area contributed by atoms with Crippen LogP contribution in [0.2, 0.25) is 0 Å². The molecule has 2 aromatic carbocycles. The first kappa shape index (κ1) is 19.9. The largest absolute Gasteiger partial charge is 0.341 e. The summed E-state index contributed by atoms with van der Waals surface area (Å²) in [6.45, 7) is 6.75. The van der Waals surface area contributed by atoms with Crippen LogP contribution in [-0.2, 0) is 18.4 Å². The van der Waals surface area contributed by atoms with E-state index < -0.39 is 0 Å². The molecule has 0 fully saturated rings. The first-order valence-corrected chi connectivity index (χ1v) is 9.72. The van der Waals surface area contributed by atoms with Crippen LogP contribution in [0.3, 0.4) is 0 Å². The molecule has 4 heteroatoms. The van der Waals surface area contributed by atoms with Gasteiger partial charge in [0.1, 0.15) is 0 Å². The summed E-state index contributed by atoms with van der Waals surface area (Å²) in [4.78, 5) is 15.0. The van der Waals surface area contributed by atoms with Crippen LogP contribution in [0.5, 0.6) is 0 Å². The number of rotatable bonds is 6. The SMILES string of the molecule is Cc1ccccc1C(CC(=O)N(C)Cc1c(C)nn(C)c1C)c1ccccc1. The molecule has 0 saturated carbocycles.